The molecule has 2 aromatic carbocycles. The Labute approximate surface area is 404 Å². The highest BCUT2D eigenvalue weighted by atomic mass is 19.4. The highest BCUT2D eigenvalue weighted by Crippen LogP contribution is 2.46. The molecule has 0 spiro atoms. The first-order valence-electron chi connectivity index (χ1n) is 23.6. The molecule has 4 saturated heterocycles. The van der Waals surface area contributed by atoms with Crippen LogP contribution in [0.1, 0.15) is 75.1 Å². The van der Waals surface area contributed by atoms with Gasteiger partial charge in [-0.15, -0.1) is 0 Å². The average molecular weight is 975 g/mol. The minimum Gasteiger partial charge on any atom is -0.497 e. The van der Waals surface area contributed by atoms with Crippen molar-refractivity contribution in [2.45, 2.75) is 108 Å². The summed E-state index contributed by atoms with van der Waals surface area (Å²) < 4.78 is 108. The number of fused-ring (bicyclic) bond motifs is 4. The first kappa shape index (κ1) is 48.9. The van der Waals surface area contributed by atoms with Gasteiger partial charge in [0.15, 0.2) is 5.82 Å². The molecule has 3 aromatic heterocycles. The van der Waals surface area contributed by atoms with Gasteiger partial charge in [0.2, 0.25) is 0 Å². The fourth-order valence-electron chi connectivity index (χ4n) is 11.0. The smallest absolute Gasteiger partial charge is 0.418 e. The molecule has 0 aliphatic carbocycles. The maximum atomic E-state index is 17.8. The zero-order valence-corrected chi connectivity index (χ0v) is 40.5. The first-order chi connectivity index (χ1) is 33.3. The maximum Gasteiger partial charge on any atom is 0.418 e. The topological polar surface area (TPSA) is 128 Å². The molecular formula is C51H59F5N8O6. The fraction of sp³-hybridized carbons (Fsp3) is 0.510. The Hall–Kier alpha value is -6.08. The lowest BCUT2D eigenvalue weighted by atomic mass is 9.95. The van der Waals surface area contributed by atoms with E-state index in [0.29, 0.717) is 37.3 Å². The number of amides is 1. The van der Waals surface area contributed by atoms with E-state index in [9.17, 15) is 9.18 Å². The number of methoxy groups -OCH3 is 3. The zero-order chi connectivity index (χ0) is 49.8. The Morgan fingerprint density at radius 2 is 1.54 bits per heavy atom. The van der Waals surface area contributed by atoms with E-state index >= 15 is 17.6 Å². The normalized spacial score (nSPS) is 22.4. The van der Waals surface area contributed by atoms with Gasteiger partial charge in [0.05, 0.1) is 48.9 Å². The minimum atomic E-state index is -4.97. The summed E-state index contributed by atoms with van der Waals surface area (Å²) in [6.07, 6.45) is -2.27. The van der Waals surface area contributed by atoms with Crippen LogP contribution in [0.15, 0.2) is 60.8 Å². The lowest BCUT2D eigenvalue weighted by Crippen LogP contribution is -2.66. The van der Waals surface area contributed by atoms with Gasteiger partial charge in [-0.1, -0.05) is 24.3 Å². The number of alkyl halides is 4. The molecule has 0 radical (unpaired) electrons. The summed E-state index contributed by atoms with van der Waals surface area (Å²) in [6, 6.07) is 15.3. The van der Waals surface area contributed by atoms with E-state index in [4.69, 9.17) is 28.7 Å². The van der Waals surface area contributed by atoms with E-state index in [1.54, 1.807) is 71.3 Å². The molecule has 4 aliphatic heterocycles. The third-order valence-electron chi connectivity index (χ3n) is 14.0. The van der Waals surface area contributed by atoms with Crippen molar-refractivity contribution in [1.82, 2.24) is 29.7 Å². The number of piperazine rings is 1. The Kier molecular flexibility index (Phi) is 13.2. The predicted octanol–water partition coefficient (Wildman–Crippen LogP) is 9.34. The van der Waals surface area contributed by atoms with Gasteiger partial charge in [0.25, 0.3) is 0 Å². The van der Waals surface area contributed by atoms with Gasteiger partial charge >= 0.3 is 18.3 Å². The summed E-state index contributed by atoms with van der Waals surface area (Å²) in [4.78, 5) is 39.9. The van der Waals surface area contributed by atoms with Gasteiger partial charge in [-0.2, -0.15) is 23.1 Å². The molecule has 5 aromatic rings. The van der Waals surface area contributed by atoms with Crippen LogP contribution in [0, 0.1) is 12.7 Å². The lowest BCUT2D eigenvalue weighted by molar-refractivity contribution is -0.137. The Balaban J connectivity index is 1.17. The van der Waals surface area contributed by atoms with Crippen molar-refractivity contribution in [3.63, 3.8) is 0 Å². The fourth-order valence-corrected chi connectivity index (χ4v) is 11.0. The Bertz CT molecular complexity index is 2670. The molecular weight excluding hydrogens is 916 g/mol. The van der Waals surface area contributed by atoms with E-state index in [-0.39, 0.29) is 92.5 Å². The van der Waals surface area contributed by atoms with Crippen molar-refractivity contribution < 1.29 is 50.4 Å². The number of aryl methyl sites for hydroxylation is 1. The molecule has 4 atom stereocenters. The third kappa shape index (κ3) is 9.57. The van der Waals surface area contributed by atoms with E-state index in [2.05, 4.69) is 19.9 Å². The lowest BCUT2D eigenvalue weighted by Gasteiger charge is -2.49. The van der Waals surface area contributed by atoms with Crippen LogP contribution in [-0.4, -0.2) is 125 Å². The molecule has 0 saturated carbocycles. The summed E-state index contributed by atoms with van der Waals surface area (Å²) in [5.74, 6) is 0.456. The third-order valence-corrected chi connectivity index (χ3v) is 14.0. The van der Waals surface area contributed by atoms with E-state index < -0.39 is 57.9 Å². The molecule has 14 nitrogen and oxygen atoms in total. The van der Waals surface area contributed by atoms with Crippen LogP contribution >= 0.6 is 0 Å². The molecule has 0 N–H and O–H groups in total. The summed E-state index contributed by atoms with van der Waals surface area (Å²) in [7, 11) is 4.66. The van der Waals surface area contributed by atoms with E-state index in [1.165, 1.54) is 19.2 Å². The highest BCUT2D eigenvalue weighted by Gasteiger charge is 2.56. The van der Waals surface area contributed by atoms with Crippen molar-refractivity contribution in [1.29, 1.82) is 0 Å². The van der Waals surface area contributed by atoms with E-state index in [1.807, 2.05) is 34.1 Å². The van der Waals surface area contributed by atoms with Crippen LogP contribution in [0.3, 0.4) is 0 Å². The van der Waals surface area contributed by atoms with Gasteiger partial charge in [-0.05, 0) is 107 Å². The molecule has 9 rings (SSSR count). The van der Waals surface area contributed by atoms with Gasteiger partial charge in [0, 0.05) is 52.5 Å². The second-order valence-corrected chi connectivity index (χ2v) is 20.0. The van der Waals surface area contributed by atoms with Crippen molar-refractivity contribution in [2.75, 3.05) is 70.5 Å². The van der Waals surface area contributed by atoms with Crippen LogP contribution in [0.5, 0.6) is 17.5 Å². The van der Waals surface area contributed by atoms with Crippen LogP contribution < -0.4 is 24.0 Å². The second kappa shape index (κ2) is 18.9. The number of ether oxygens (including phenoxy) is 5. The Morgan fingerprint density at radius 3 is 2.16 bits per heavy atom. The molecule has 19 heteroatoms. The van der Waals surface area contributed by atoms with Crippen molar-refractivity contribution in [2.24, 2.45) is 0 Å². The van der Waals surface area contributed by atoms with Crippen molar-refractivity contribution in [3.05, 3.63) is 88.9 Å². The second-order valence-electron chi connectivity index (χ2n) is 20.0. The number of anilines is 2. The minimum absolute atomic E-state index is 0.0137. The molecule has 70 heavy (non-hydrogen) atoms. The van der Waals surface area contributed by atoms with Crippen molar-refractivity contribution >= 4 is 28.6 Å². The number of rotatable bonds is 14. The van der Waals surface area contributed by atoms with Gasteiger partial charge in [-0.25, -0.2) is 18.6 Å². The number of pyridine rings is 2. The first-order valence-corrected chi connectivity index (χ1v) is 23.6. The number of aromatic nitrogens is 4. The largest absolute Gasteiger partial charge is 0.497 e. The van der Waals surface area contributed by atoms with Crippen LogP contribution in [-0.2, 0) is 28.7 Å². The average Bonchev–Trinajstić information content (AvgIpc) is 3.92. The maximum absolute atomic E-state index is 17.8. The van der Waals surface area contributed by atoms with Crippen LogP contribution in [0.25, 0.3) is 22.3 Å². The molecule has 1 amide bonds. The summed E-state index contributed by atoms with van der Waals surface area (Å²) in [5, 5.41) is 0.110. The van der Waals surface area contributed by atoms with Gasteiger partial charge in [-0.3, -0.25) is 14.8 Å². The number of hydrogen-bond acceptors (Lipinski definition) is 13. The molecule has 7 heterocycles. The molecule has 0 unspecified atom stereocenters. The molecule has 4 fully saturated rings. The van der Waals surface area contributed by atoms with E-state index in [0.717, 1.165) is 17.5 Å². The highest BCUT2D eigenvalue weighted by molar-refractivity contribution is 5.92. The number of halogens is 5. The summed E-state index contributed by atoms with van der Waals surface area (Å²) in [6.45, 7) is 8.72. The summed E-state index contributed by atoms with van der Waals surface area (Å²) in [5.41, 5.74) is -3.70. The number of nitrogens with zero attached hydrogens (tertiary/aromatic N) is 8. The van der Waals surface area contributed by atoms with Gasteiger partial charge < -0.3 is 33.5 Å². The SMILES string of the molecule is COC[C@@]12CC[C@@H](CN(c3nc(OC[C@@]45CCCN4C[C@H](F)C5)nc4c(F)c(-c5nc(N(Cc6ccc(OC)cc6)Cc6ccc(OC)cc6)cc(C)c5C(F)(F)F)ncc34)C1)N2C(=O)OC(C)(C)C. The number of carbonyl (C=O) groups is 1. The monoisotopic (exact) mass is 974 g/mol. The van der Waals surface area contributed by atoms with Crippen LogP contribution in [0.2, 0.25) is 0 Å². The number of carbonyl (C=O) groups excluding carboxylic acids is 1. The molecule has 2 bridgehead atoms. The Morgan fingerprint density at radius 1 is 0.871 bits per heavy atom. The number of hydrogen-bond donors (Lipinski definition) is 0. The number of benzene rings is 2. The van der Waals surface area contributed by atoms with Crippen LogP contribution in [0.4, 0.5) is 38.4 Å². The molecule has 374 valence electrons. The predicted molar refractivity (Wildman–Crippen MR) is 253 cm³/mol. The standard InChI is InChI=1S/C51H59F5N8O6/c1-31-21-39(61(24-32-9-13-36(67-6)14-10-32)25-33-11-15-37(68-7)16-12-33)58-43(40(31)51(54,55)56)44-41(53)42-38(23-57-44)45(60-46(59-42)69-30-49-18-8-20-63(49)26-34(52)22-49)62-27-35-17-19-50(28-62,29-66-5)64(35)47(65)70-48(2,3)4/h9-16,21,23,34-35H,8,17-20,22,24-30H2,1-7H3/t34-,35+,49+,50-/m1/s1. The van der Waals surface area contributed by atoms with Crippen molar-refractivity contribution in [3.8, 4) is 28.9 Å². The summed E-state index contributed by atoms with van der Waals surface area (Å²) >= 11 is 0. The molecule has 4 aliphatic rings. The van der Waals surface area contributed by atoms with Gasteiger partial charge in [0.1, 0.15) is 58.4 Å². The zero-order valence-electron chi connectivity index (χ0n) is 40.5. The quantitative estimate of drug-likeness (QED) is 0.0982.